The van der Waals surface area contributed by atoms with Gasteiger partial charge in [0.2, 0.25) is 0 Å². The summed E-state index contributed by atoms with van der Waals surface area (Å²) in [5.41, 5.74) is 0. The molecule has 2 N–H and O–H groups in total. The van der Waals surface area contributed by atoms with Crippen LogP contribution in [-0.2, 0) is 9.68 Å². The van der Waals surface area contributed by atoms with Crippen molar-refractivity contribution in [2.75, 3.05) is 0 Å². The number of hydrogen-bond acceptors (Lipinski definition) is 3. The van der Waals surface area contributed by atoms with Gasteiger partial charge in [0, 0.05) is 6.42 Å². The Balaban J connectivity index is 3.79. The Bertz CT molecular complexity index is 408. The van der Waals surface area contributed by atoms with Crippen molar-refractivity contribution in [2.24, 2.45) is 0 Å². The lowest BCUT2D eigenvalue weighted by molar-refractivity contribution is -0.264. The maximum Gasteiger partial charge on any atom is 0.303 e. The molecule has 0 aliphatic heterocycles. The number of carboxylic acid groups (broad SMARTS) is 1. The van der Waals surface area contributed by atoms with Crippen molar-refractivity contribution in [1.29, 1.82) is 0 Å². The summed E-state index contributed by atoms with van der Waals surface area (Å²) in [5, 5.41) is 17.4. The third kappa shape index (κ3) is 16.7. The van der Waals surface area contributed by atoms with Gasteiger partial charge in [-0.25, -0.2) is 4.89 Å². The van der Waals surface area contributed by atoms with Crippen LogP contribution in [0.3, 0.4) is 0 Å². The molecule has 0 aromatic rings. The molecule has 0 bridgehead atoms. The molecule has 0 aliphatic carbocycles. The van der Waals surface area contributed by atoms with E-state index in [0.717, 1.165) is 19.3 Å². The van der Waals surface area contributed by atoms with Crippen molar-refractivity contribution >= 4 is 5.97 Å². The molecule has 0 aromatic carbocycles. The van der Waals surface area contributed by atoms with E-state index in [4.69, 9.17) is 10.4 Å². The fourth-order valence-electron chi connectivity index (χ4n) is 2.03. The number of carboxylic acids is 1. The summed E-state index contributed by atoms with van der Waals surface area (Å²) >= 11 is 0. The fourth-order valence-corrected chi connectivity index (χ4v) is 2.03. The molecule has 4 heteroatoms. The molecule has 0 amide bonds. The zero-order valence-electron chi connectivity index (χ0n) is 14.8. The first-order chi connectivity index (χ1) is 11.7. The van der Waals surface area contributed by atoms with Gasteiger partial charge in [0.05, 0.1) is 0 Å². The molecule has 136 valence electrons. The van der Waals surface area contributed by atoms with Gasteiger partial charge in [-0.1, -0.05) is 68.4 Å². The van der Waals surface area contributed by atoms with E-state index < -0.39 is 5.97 Å². The van der Waals surface area contributed by atoms with E-state index in [2.05, 4.69) is 17.9 Å². The molecule has 0 fully saturated rings. The summed E-state index contributed by atoms with van der Waals surface area (Å²) in [6.07, 6.45) is 23.4. The lowest BCUT2D eigenvalue weighted by atomic mass is 10.1. The summed E-state index contributed by atoms with van der Waals surface area (Å²) in [7, 11) is 0. The standard InChI is InChI=1S/C20H32O4/c1-2-3-4-5-10-13-16-19(24-23)17-14-11-8-6-7-9-12-15-18-20(21)22/h7-11,13-14,17,19,23H,2-6,12,15-16,18H2,1H3,(H,21,22)/b9-7-,11-8+,13-10-,17-14+. The molecule has 4 nitrogen and oxygen atoms in total. The zero-order chi connectivity index (χ0) is 17.9. The minimum Gasteiger partial charge on any atom is -0.481 e. The van der Waals surface area contributed by atoms with Crippen LogP contribution in [0.15, 0.2) is 48.6 Å². The highest BCUT2D eigenvalue weighted by atomic mass is 17.1. The molecule has 0 radical (unpaired) electrons. The van der Waals surface area contributed by atoms with Gasteiger partial charge >= 0.3 is 5.97 Å². The third-order valence-electron chi connectivity index (χ3n) is 3.42. The first-order valence-electron chi connectivity index (χ1n) is 8.86. The van der Waals surface area contributed by atoms with Gasteiger partial charge < -0.3 is 5.11 Å². The average Bonchev–Trinajstić information content (AvgIpc) is 2.57. The van der Waals surface area contributed by atoms with Gasteiger partial charge in [-0.2, -0.15) is 0 Å². The van der Waals surface area contributed by atoms with E-state index in [-0.39, 0.29) is 12.5 Å². The SMILES string of the molecule is CCCCC/C=C\CC(/C=C/C=C/C/C=C\CCCC(=O)O)OO. The summed E-state index contributed by atoms with van der Waals surface area (Å²) < 4.78 is 0. The van der Waals surface area contributed by atoms with Crippen molar-refractivity contribution < 1.29 is 20.0 Å². The Morgan fingerprint density at radius 1 is 1.00 bits per heavy atom. The van der Waals surface area contributed by atoms with E-state index in [9.17, 15) is 4.79 Å². The lowest BCUT2D eigenvalue weighted by Crippen LogP contribution is -2.04. The topological polar surface area (TPSA) is 66.8 Å². The van der Waals surface area contributed by atoms with Crippen LogP contribution in [0.5, 0.6) is 0 Å². The number of hydrogen-bond donors (Lipinski definition) is 2. The van der Waals surface area contributed by atoms with Crippen LogP contribution in [0, 0.1) is 0 Å². The number of carbonyl (C=O) groups is 1. The summed E-state index contributed by atoms with van der Waals surface area (Å²) in [5.74, 6) is -0.745. The van der Waals surface area contributed by atoms with Crippen LogP contribution in [-0.4, -0.2) is 22.4 Å². The monoisotopic (exact) mass is 336 g/mol. The van der Waals surface area contributed by atoms with Crippen molar-refractivity contribution in [3.05, 3.63) is 48.6 Å². The first kappa shape index (κ1) is 22.4. The van der Waals surface area contributed by atoms with Crippen LogP contribution in [0.1, 0.15) is 64.7 Å². The smallest absolute Gasteiger partial charge is 0.303 e. The van der Waals surface area contributed by atoms with E-state index in [0.29, 0.717) is 12.8 Å². The lowest BCUT2D eigenvalue weighted by Gasteiger charge is -2.04. The number of allylic oxidation sites excluding steroid dienone is 6. The Morgan fingerprint density at radius 3 is 2.46 bits per heavy atom. The molecule has 0 aromatic heterocycles. The zero-order valence-corrected chi connectivity index (χ0v) is 14.8. The van der Waals surface area contributed by atoms with Crippen molar-refractivity contribution in [1.82, 2.24) is 0 Å². The molecular weight excluding hydrogens is 304 g/mol. The highest BCUT2D eigenvalue weighted by Crippen LogP contribution is 2.04. The second-order valence-electron chi connectivity index (χ2n) is 5.65. The summed E-state index contributed by atoms with van der Waals surface area (Å²) in [6.45, 7) is 2.19. The van der Waals surface area contributed by atoms with Gasteiger partial charge in [-0.15, -0.1) is 0 Å². The van der Waals surface area contributed by atoms with Gasteiger partial charge in [-0.3, -0.25) is 10.1 Å². The molecule has 1 unspecified atom stereocenters. The molecule has 0 aliphatic rings. The normalized spacial score (nSPS) is 13.8. The summed E-state index contributed by atoms with van der Waals surface area (Å²) in [6, 6.07) is 0. The van der Waals surface area contributed by atoms with Crippen molar-refractivity contribution in [2.45, 2.75) is 70.8 Å². The van der Waals surface area contributed by atoms with Crippen molar-refractivity contribution in [3.8, 4) is 0 Å². The van der Waals surface area contributed by atoms with Crippen LogP contribution >= 0.6 is 0 Å². The van der Waals surface area contributed by atoms with E-state index in [1.807, 2.05) is 42.5 Å². The highest BCUT2D eigenvalue weighted by Gasteiger charge is 1.99. The fraction of sp³-hybridized carbons (Fsp3) is 0.550. The van der Waals surface area contributed by atoms with Gasteiger partial charge in [0.1, 0.15) is 6.10 Å². The molecule has 0 saturated heterocycles. The maximum atomic E-state index is 10.3. The van der Waals surface area contributed by atoms with Crippen LogP contribution in [0.4, 0.5) is 0 Å². The van der Waals surface area contributed by atoms with Crippen molar-refractivity contribution in [3.63, 3.8) is 0 Å². The Morgan fingerprint density at radius 2 is 1.75 bits per heavy atom. The number of unbranched alkanes of at least 4 members (excludes halogenated alkanes) is 4. The molecular formula is C20H32O4. The Kier molecular flexibility index (Phi) is 16.5. The quantitative estimate of drug-likeness (QED) is 0.133. The second kappa shape index (κ2) is 17.7. The minimum absolute atomic E-state index is 0.221. The highest BCUT2D eigenvalue weighted by molar-refractivity contribution is 5.66. The number of aliphatic carboxylic acids is 1. The third-order valence-corrected chi connectivity index (χ3v) is 3.42. The molecule has 0 saturated carbocycles. The van der Waals surface area contributed by atoms with E-state index in [1.54, 1.807) is 0 Å². The predicted molar refractivity (Wildman–Crippen MR) is 98.9 cm³/mol. The number of rotatable bonds is 15. The van der Waals surface area contributed by atoms with E-state index >= 15 is 0 Å². The predicted octanol–water partition coefficient (Wildman–Crippen LogP) is 5.68. The second-order valence-corrected chi connectivity index (χ2v) is 5.65. The van der Waals surface area contributed by atoms with Gasteiger partial charge in [0.15, 0.2) is 0 Å². The van der Waals surface area contributed by atoms with E-state index in [1.165, 1.54) is 19.3 Å². The maximum absolute atomic E-state index is 10.3. The van der Waals surface area contributed by atoms with Crippen LogP contribution < -0.4 is 0 Å². The molecule has 24 heavy (non-hydrogen) atoms. The average molecular weight is 336 g/mol. The van der Waals surface area contributed by atoms with Crippen LogP contribution in [0.25, 0.3) is 0 Å². The molecule has 0 heterocycles. The molecule has 0 rings (SSSR count). The molecule has 0 spiro atoms. The minimum atomic E-state index is -0.745. The van der Waals surface area contributed by atoms with Gasteiger partial charge in [-0.05, 0) is 38.5 Å². The summed E-state index contributed by atoms with van der Waals surface area (Å²) in [4.78, 5) is 14.8. The largest absolute Gasteiger partial charge is 0.481 e. The Labute approximate surface area is 146 Å². The van der Waals surface area contributed by atoms with Crippen LogP contribution in [0.2, 0.25) is 0 Å². The van der Waals surface area contributed by atoms with Gasteiger partial charge in [0.25, 0.3) is 0 Å². The Hall–Kier alpha value is -1.65. The first-order valence-corrected chi connectivity index (χ1v) is 8.86. The molecule has 1 atom stereocenters.